The van der Waals surface area contributed by atoms with Gasteiger partial charge in [-0.3, -0.25) is 0 Å². The van der Waals surface area contributed by atoms with Crippen molar-refractivity contribution in [3.8, 4) is 0 Å². The molecule has 0 bridgehead atoms. The minimum absolute atomic E-state index is 0.273. The molecular weight excluding hydrogens is 290 g/mol. The zero-order valence-corrected chi connectivity index (χ0v) is 13.8. The van der Waals surface area contributed by atoms with Crippen LogP contribution in [0.4, 0.5) is 21.9 Å². The molecule has 0 aliphatic heterocycles. The largest absolute Gasteiger partial charge is 0.380 e. The van der Waals surface area contributed by atoms with Crippen LogP contribution in [0.15, 0.2) is 48.5 Å². The monoisotopic (exact) mass is 313 g/mol. The highest BCUT2D eigenvalue weighted by Crippen LogP contribution is 2.25. The van der Waals surface area contributed by atoms with Gasteiger partial charge in [0.1, 0.15) is 0 Å². The highest BCUT2D eigenvalue weighted by atomic mass is 16.5. The lowest BCUT2D eigenvalue weighted by atomic mass is 10.2. The fourth-order valence-corrected chi connectivity index (χ4v) is 2.28. The molecule has 0 saturated carbocycles. The molecule has 0 aliphatic rings. The average Bonchev–Trinajstić information content (AvgIpc) is 2.56. The molecule has 23 heavy (non-hydrogen) atoms. The number of hydrogen-bond acceptors (Lipinski definition) is 3. The van der Waals surface area contributed by atoms with Crippen LogP contribution in [0.25, 0.3) is 0 Å². The highest BCUT2D eigenvalue weighted by Gasteiger charge is 2.10. The summed E-state index contributed by atoms with van der Waals surface area (Å²) in [6, 6.07) is 15.1. The maximum Gasteiger partial charge on any atom is 0.323 e. The number of para-hydroxylation sites is 3. The Labute approximate surface area is 137 Å². The minimum Gasteiger partial charge on any atom is -0.380 e. The molecule has 0 radical (unpaired) electrons. The van der Waals surface area contributed by atoms with Crippen molar-refractivity contribution in [2.24, 2.45) is 0 Å². The summed E-state index contributed by atoms with van der Waals surface area (Å²) in [7, 11) is 3.62. The summed E-state index contributed by atoms with van der Waals surface area (Å²) in [5.74, 6) is 0. The quantitative estimate of drug-likeness (QED) is 0.849. The second kappa shape index (κ2) is 8.19. The first-order valence-corrected chi connectivity index (χ1v) is 7.60. The Bertz CT molecular complexity index is 658. The van der Waals surface area contributed by atoms with Crippen LogP contribution in [-0.4, -0.2) is 26.7 Å². The van der Waals surface area contributed by atoms with E-state index < -0.39 is 0 Å². The van der Waals surface area contributed by atoms with E-state index in [0.717, 1.165) is 29.2 Å². The number of nitrogens with one attached hydrogen (secondary N) is 2. The standard InChI is InChI=1S/C18H23N3O2/c1-4-21(2)17-12-8-7-11-16(17)20-18(22)19-15-10-6-5-9-14(15)13-23-3/h5-12H,4,13H2,1-3H3,(H2,19,20,22). The average molecular weight is 313 g/mol. The lowest BCUT2D eigenvalue weighted by Crippen LogP contribution is -2.23. The van der Waals surface area contributed by atoms with Gasteiger partial charge in [-0.05, 0) is 25.1 Å². The van der Waals surface area contributed by atoms with Gasteiger partial charge >= 0.3 is 6.03 Å². The molecule has 5 heteroatoms. The lowest BCUT2D eigenvalue weighted by molar-refractivity contribution is 0.185. The van der Waals surface area contributed by atoms with E-state index in [1.807, 2.05) is 55.6 Å². The van der Waals surface area contributed by atoms with Crippen molar-refractivity contribution in [1.82, 2.24) is 0 Å². The summed E-state index contributed by atoms with van der Waals surface area (Å²) < 4.78 is 5.16. The molecule has 0 spiro atoms. The van der Waals surface area contributed by atoms with Crippen molar-refractivity contribution >= 4 is 23.1 Å². The molecule has 2 amide bonds. The van der Waals surface area contributed by atoms with Gasteiger partial charge in [0.2, 0.25) is 0 Å². The van der Waals surface area contributed by atoms with Gasteiger partial charge in [0.05, 0.1) is 18.0 Å². The van der Waals surface area contributed by atoms with E-state index >= 15 is 0 Å². The van der Waals surface area contributed by atoms with E-state index in [1.54, 1.807) is 7.11 Å². The van der Waals surface area contributed by atoms with E-state index in [2.05, 4.69) is 22.5 Å². The molecule has 2 aromatic carbocycles. The van der Waals surface area contributed by atoms with Crippen LogP contribution in [0.3, 0.4) is 0 Å². The highest BCUT2D eigenvalue weighted by molar-refractivity contribution is 6.02. The number of urea groups is 1. The summed E-state index contributed by atoms with van der Waals surface area (Å²) in [5.41, 5.74) is 3.44. The third kappa shape index (κ3) is 4.47. The van der Waals surface area contributed by atoms with Crippen LogP contribution in [-0.2, 0) is 11.3 Å². The van der Waals surface area contributed by atoms with Gasteiger partial charge in [0.15, 0.2) is 0 Å². The van der Waals surface area contributed by atoms with Crippen LogP contribution < -0.4 is 15.5 Å². The van der Waals surface area contributed by atoms with Crippen molar-refractivity contribution in [2.45, 2.75) is 13.5 Å². The van der Waals surface area contributed by atoms with Gasteiger partial charge < -0.3 is 20.3 Å². The van der Waals surface area contributed by atoms with E-state index in [1.165, 1.54) is 0 Å². The van der Waals surface area contributed by atoms with E-state index in [0.29, 0.717) is 6.61 Å². The number of hydrogen-bond donors (Lipinski definition) is 2. The molecule has 0 unspecified atom stereocenters. The third-order valence-electron chi connectivity index (χ3n) is 3.60. The number of ether oxygens (including phenoxy) is 1. The second-order valence-electron chi connectivity index (χ2n) is 5.20. The molecule has 0 heterocycles. The SMILES string of the molecule is CCN(C)c1ccccc1NC(=O)Nc1ccccc1COC. The molecule has 0 atom stereocenters. The number of benzene rings is 2. The molecular formula is C18H23N3O2. The minimum atomic E-state index is -0.273. The molecule has 2 aromatic rings. The van der Waals surface area contributed by atoms with E-state index in [4.69, 9.17) is 4.74 Å². The Morgan fingerprint density at radius 2 is 1.65 bits per heavy atom. The summed E-state index contributed by atoms with van der Waals surface area (Å²) in [4.78, 5) is 14.4. The van der Waals surface area contributed by atoms with Crippen LogP contribution >= 0.6 is 0 Å². The number of carbonyl (C=O) groups is 1. The number of amides is 2. The predicted octanol–water partition coefficient (Wildman–Crippen LogP) is 3.93. The van der Waals surface area contributed by atoms with Gasteiger partial charge in [-0.25, -0.2) is 4.79 Å². The number of anilines is 3. The third-order valence-corrected chi connectivity index (χ3v) is 3.60. The molecule has 0 fully saturated rings. The molecule has 0 aliphatic carbocycles. The van der Waals surface area contributed by atoms with Crippen molar-refractivity contribution in [1.29, 1.82) is 0 Å². The molecule has 122 valence electrons. The van der Waals surface area contributed by atoms with Gasteiger partial charge in [-0.1, -0.05) is 30.3 Å². The summed E-state index contributed by atoms with van der Waals surface area (Å²) in [5, 5.41) is 5.79. The topological polar surface area (TPSA) is 53.6 Å². The molecule has 5 nitrogen and oxygen atoms in total. The smallest absolute Gasteiger partial charge is 0.323 e. The predicted molar refractivity (Wildman–Crippen MR) is 95.2 cm³/mol. The fraction of sp³-hybridized carbons (Fsp3) is 0.278. The van der Waals surface area contributed by atoms with Crippen molar-refractivity contribution in [3.05, 3.63) is 54.1 Å². The Kier molecular flexibility index (Phi) is 6.00. The van der Waals surface area contributed by atoms with E-state index in [-0.39, 0.29) is 6.03 Å². The number of carbonyl (C=O) groups excluding carboxylic acids is 1. The van der Waals surface area contributed by atoms with Crippen LogP contribution in [0.2, 0.25) is 0 Å². The van der Waals surface area contributed by atoms with Gasteiger partial charge in [0, 0.05) is 32.0 Å². The molecule has 0 saturated heterocycles. The first-order valence-electron chi connectivity index (χ1n) is 7.60. The van der Waals surface area contributed by atoms with Gasteiger partial charge in [-0.2, -0.15) is 0 Å². The Hall–Kier alpha value is -2.53. The number of rotatable bonds is 6. The zero-order chi connectivity index (χ0) is 16.7. The van der Waals surface area contributed by atoms with Crippen LogP contribution in [0.5, 0.6) is 0 Å². The van der Waals surface area contributed by atoms with Gasteiger partial charge in [0.25, 0.3) is 0 Å². The lowest BCUT2D eigenvalue weighted by Gasteiger charge is -2.21. The summed E-state index contributed by atoms with van der Waals surface area (Å²) in [6.07, 6.45) is 0. The van der Waals surface area contributed by atoms with E-state index in [9.17, 15) is 4.79 Å². The van der Waals surface area contributed by atoms with Crippen LogP contribution in [0.1, 0.15) is 12.5 Å². The fourth-order valence-electron chi connectivity index (χ4n) is 2.28. The first kappa shape index (κ1) is 16.8. The Morgan fingerprint density at radius 1 is 1.04 bits per heavy atom. The molecule has 0 aromatic heterocycles. The van der Waals surface area contributed by atoms with Crippen LogP contribution in [0, 0.1) is 0 Å². The zero-order valence-electron chi connectivity index (χ0n) is 13.8. The maximum absolute atomic E-state index is 12.3. The number of nitrogens with zero attached hydrogens (tertiary/aromatic N) is 1. The first-order chi connectivity index (χ1) is 11.2. The van der Waals surface area contributed by atoms with Gasteiger partial charge in [-0.15, -0.1) is 0 Å². The molecule has 2 rings (SSSR count). The Balaban J connectivity index is 2.12. The molecule has 2 N–H and O–H groups in total. The number of methoxy groups -OCH3 is 1. The maximum atomic E-state index is 12.3. The summed E-state index contributed by atoms with van der Waals surface area (Å²) in [6.45, 7) is 3.38. The van der Waals surface area contributed by atoms with Crippen molar-refractivity contribution in [2.75, 3.05) is 36.2 Å². The normalized spacial score (nSPS) is 10.2. The second-order valence-corrected chi connectivity index (χ2v) is 5.20. The van der Waals surface area contributed by atoms with Crippen molar-refractivity contribution < 1.29 is 9.53 Å². The van der Waals surface area contributed by atoms with Crippen molar-refractivity contribution in [3.63, 3.8) is 0 Å². The summed E-state index contributed by atoms with van der Waals surface area (Å²) >= 11 is 0. The Morgan fingerprint density at radius 3 is 2.35 bits per heavy atom.